The maximum atomic E-state index is 14.9. The minimum Gasteiger partial charge on any atom is -0.397 e. The molecule has 0 atom stereocenters. The van der Waals surface area contributed by atoms with E-state index in [4.69, 9.17) is 5.73 Å². The van der Waals surface area contributed by atoms with Crippen molar-refractivity contribution in [3.05, 3.63) is 59.9 Å². The summed E-state index contributed by atoms with van der Waals surface area (Å²) in [5, 5.41) is 9.29. The van der Waals surface area contributed by atoms with Gasteiger partial charge in [0.1, 0.15) is 18.2 Å². The van der Waals surface area contributed by atoms with Crippen LogP contribution in [-0.4, -0.2) is 43.1 Å². The van der Waals surface area contributed by atoms with Crippen LogP contribution in [0.5, 0.6) is 0 Å². The van der Waals surface area contributed by atoms with Gasteiger partial charge in [0.05, 0.1) is 11.9 Å². The van der Waals surface area contributed by atoms with E-state index in [2.05, 4.69) is 20.4 Å². The van der Waals surface area contributed by atoms with Crippen molar-refractivity contribution >= 4 is 34.0 Å². The number of carbonyl (C=O) groups is 1. The van der Waals surface area contributed by atoms with Crippen LogP contribution in [0.2, 0.25) is 0 Å². The number of likely N-dealkylation sites (N-methyl/N-ethyl adjacent to an activating group) is 1. The van der Waals surface area contributed by atoms with Gasteiger partial charge in [-0.1, -0.05) is 0 Å². The maximum Gasteiger partial charge on any atom is 0.244 e. The first-order valence-electron chi connectivity index (χ1n) is 11.0. The molecule has 8 nitrogen and oxygen atoms in total. The van der Waals surface area contributed by atoms with Crippen LogP contribution in [0, 0.1) is 12.7 Å². The highest BCUT2D eigenvalue weighted by molar-refractivity contribution is 5.90. The number of hydrogen-bond donors (Lipinski definition) is 2. The monoisotopic (exact) mass is 459 g/mol. The number of amides is 1. The highest BCUT2D eigenvalue weighted by atomic mass is 19.1. The van der Waals surface area contributed by atoms with E-state index in [0.29, 0.717) is 40.3 Å². The second-order valence-corrected chi connectivity index (χ2v) is 9.40. The molecule has 0 unspecified atom stereocenters. The first-order valence-corrected chi connectivity index (χ1v) is 11.0. The molecular formula is C25H26FN7O. The Morgan fingerprint density at radius 1 is 1.06 bits per heavy atom. The molecule has 3 N–H and O–H groups in total. The SMILES string of the molecule is Cc1c(N)cncc1-c1cc2cc(Nc3cc4n(n3)CC(=O)N(C)C(C)(C)C4)ncc2cc1F. The fourth-order valence-electron chi connectivity index (χ4n) is 4.31. The number of hydrogen-bond acceptors (Lipinski definition) is 6. The molecule has 0 fully saturated rings. The van der Waals surface area contributed by atoms with Gasteiger partial charge in [-0.15, -0.1) is 0 Å². The van der Waals surface area contributed by atoms with Gasteiger partial charge in [-0.2, -0.15) is 5.10 Å². The van der Waals surface area contributed by atoms with Crippen molar-refractivity contribution in [2.24, 2.45) is 0 Å². The van der Waals surface area contributed by atoms with E-state index < -0.39 is 0 Å². The number of nitrogens with zero attached hydrogens (tertiary/aromatic N) is 5. The molecule has 0 radical (unpaired) electrons. The highest BCUT2D eigenvalue weighted by Gasteiger charge is 2.33. The fourth-order valence-corrected chi connectivity index (χ4v) is 4.31. The molecular weight excluding hydrogens is 433 g/mol. The van der Waals surface area contributed by atoms with Crippen LogP contribution >= 0.6 is 0 Å². The number of pyridine rings is 2. The molecule has 1 aliphatic rings. The summed E-state index contributed by atoms with van der Waals surface area (Å²) in [4.78, 5) is 22.8. The molecule has 34 heavy (non-hydrogen) atoms. The molecule has 1 aromatic carbocycles. The topological polar surface area (TPSA) is 102 Å². The van der Waals surface area contributed by atoms with Crippen LogP contribution < -0.4 is 11.1 Å². The lowest BCUT2D eigenvalue weighted by molar-refractivity contribution is -0.134. The van der Waals surface area contributed by atoms with Crippen molar-refractivity contribution in [2.45, 2.75) is 39.3 Å². The van der Waals surface area contributed by atoms with Gasteiger partial charge in [0.2, 0.25) is 5.91 Å². The van der Waals surface area contributed by atoms with Gasteiger partial charge in [-0.25, -0.2) is 9.37 Å². The first kappa shape index (κ1) is 21.8. The Morgan fingerprint density at radius 3 is 2.65 bits per heavy atom. The minimum atomic E-state index is -0.361. The van der Waals surface area contributed by atoms with Crippen LogP contribution in [0.15, 0.2) is 42.9 Å². The lowest BCUT2D eigenvalue weighted by Gasteiger charge is -2.33. The van der Waals surface area contributed by atoms with Crippen molar-refractivity contribution < 1.29 is 9.18 Å². The van der Waals surface area contributed by atoms with E-state index in [1.165, 1.54) is 6.07 Å². The summed E-state index contributed by atoms with van der Waals surface area (Å²) in [6.45, 7) is 6.13. The number of nitrogens with two attached hydrogens (primary N) is 1. The van der Waals surface area contributed by atoms with E-state index in [-0.39, 0.29) is 23.8 Å². The van der Waals surface area contributed by atoms with Crippen LogP contribution in [-0.2, 0) is 17.8 Å². The fraction of sp³-hybridized carbons (Fsp3) is 0.280. The Hall–Kier alpha value is -4.01. The number of anilines is 3. The molecule has 0 aliphatic carbocycles. The summed E-state index contributed by atoms with van der Waals surface area (Å²) >= 11 is 0. The number of nitrogens with one attached hydrogen (secondary N) is 1. The molecule has 9 heteroatoms. The van der Waals surface area contributed by atoms with Gasteiger partial charge in [0.25, 0.3) is 0 Å². The number of nitrogen functional groups attached to an aromatic ring is 1. The Bertz CT molecular complexity index is 1440. The molecule has 3 aromatic heterocycles. The molecule has 0 spiro atoms. The van der Waals surface area contributed by atoms with Crippen LogP contribution in [0.3, 0.4) is 0 Å². The predicted molar refractivity (Wildman–Crippen MR) is 130 cm³/mol. The largest absolute Gasteiger partial charge is 0.397 e. The number of benzene rings is 1. The summed E-state index contributed by atoms with van der Waals surface area (Å²) in [7, 11) is 1.82. The Labute approximate surface area is 196 Å². The third-order valence-corrected chi connectivity index (χ3v) is 6.65. The van der Waals surface area contributed by atoms with Crippen molar-refractivity contribution in [2.75, 3.05) is 18.1 Å². The number of rotatable bonds is 3. The lowest BCUT2D eigenvalue weighted by Crippen LogP contribution is -2.45. The predicted octanol–water partition coefficient (Wildman–Crippen LogP) is 4.06. The van der Waals surface area contributed by atoms with Crippen molar-refractivity contribution in [1.82, 2.24) is 24.6 Å². The van der Waals surface area contributed by atoms with Gasteiger partial charge in [-0.3, -0.25) is 14.5 Å². The Morgan fingerprint density at radius 2 is 1.85 bits per heavy atom. The average molecular weight is 460 g/mol. The van der Waals surface area contributed by atoms with Crippen molar-refractivity contribution in [3.8, 4) is 11.1 Å². The van der Waals surface area contributed by atoms with E-state index in [1.54, 1.807) is 34.2 Å². The molecule has 4 aromatic rings. The quantitative estimate of drug-likeness (QED) is 0.479. The third kappa shape index (κ3) is 3.72. The second kappa shape index (κ2) is 7.79. The van der Waals surface area contributed by atoms with Gasteiger partial charge in [0.15, 0.2) is 5.82 Å². The summed E-state index contributed by atoms with van der Waals surface area (Å²) in [5.41, 5.74) is 9.02. The normalized spacial score (nSPS) is 15.3. The first-order chi connectivity index (χ1) is 16.1. The molecule has 0 bridgehead atoms. The molecule has 1 amide bonds. The van der Waals surface area contributed by atoms with Crippen molar-refractivity contribution in [3.63, 3.8) is 0 Å². The Balaban J connectivity index is 1.49. The smallest absolute Gasteiger partial charge is 0.244 e. The lowest BCUT2D eigenvalue weighted by atomic mass is 9.97. The molecule has 1 aliphatic heterocycles. The minimum absolute atomic E-state index is 0.0168. The number of carbonyl (C=O) groups excluding carboxylic acids is 1. The number of fused-ring (bicyclic) bond motifs is 2. The summed E-state index contributed by atoms with van der Waals surface area (Å²) in [5.74, 6) is 0.834. The van der Waals surface area contributed by atoms with Crippen LogP contribution in [0.4, 0.5) is 21.7 Å². The summed E-state index contributed by atoms with van der Waals surface area (Å²) < 4.78 is 16.6. The summed E-state index contributed by atoms with van der Waals surface area (Å²) in [6.07, 6.45) is 5.49. The summed E-state index contributed by atoms with van der Waals surface area (Å²) in [6, 6.07) is 7.03. The average Bonchev–Trinajstić information content (AvgIpc) is 3.11. The Kier molecular flexibility index (Phi) is 5.00. The molecule has 5 rings (SSSR count). The van der Waals surface area contributed by atoms with Gasteiger partial charge in [-0.05, 0) is 49.9 Å². The zero-order valence-electron chi connectivity index (χ0n) is 19.6. The van der Waals surface area contributed by atoms with Crippen LogP contribution in [0.1, 0.15) is 25.1 Å². The van der Waals surface area contributed by atoms with E-state index in [0.717, 1.165) is 16.6 Å². The molecule has 174 valence electrons. The molecule has 0 saturated carbocycles. The number of aromatic nitrogens is 4. The van der Waals surface area contributed by atoms with Gasteiger partial charge < -0.3 is 16.0 Å². The number of halogens is 1. The zero-order chi connectivity index (χ0) is 24.2. The molecule has 0 saturated heterocycles. The van der Waals surface area contributed by atoms with E-state index in [9.17, 15) is 9.18 Å². The standard InChI is InChI=1S/C25H26FN7O/c1-14-19(11-28-12-21(14)27)18-5-15-7-22(29-10-16(15)6-20(18)26)30-23-8-17-9-25(2,3)32(4)24(34)13-33(17)31-23/h5-8,10-12H,9,13,27H2,1-4H3,(H,29,30,31). The van der Waals surface area contributed by atoms with Crippen LogP contribution in [0.25, 0.3) is 21.9 Å². The van der Waals surface area contributed by atoms with Gasteiger partial charge >= 0.3 is 0 Å². The highest BCUT2D eigenvalue weighted by Crippen LogP contribution is 2.32. The van der Waals surface area contributed by atoms with E-state index >= 15 is 0 Å². The maximum absolute atomic E-state index is 14.9. The van der Waals surface area contributed by atoms with E-state index in [1.807, 2.05) is 40.0 Å². The van der Waals surface area contributed by atoms with Gasteiger partial charge in [0, 0.05) is 59.7 Å². The second-order valence-electron chi connectivity index (χ2n) is 9.40. The zero-order valence-corrected chi connectivity index (χ0v) is 19.6. The third-order valence-electron chi connectivity index (χ3n) is 6.65. The van der Waals surface area contributed by atoms with Crippen molar-refractivity contribution in [1.29, 1.82) is 0 Å². The molecule has 4 heterocycles.